The maximum absolute atomic E-state index is 14.4. The standard InChI is InChI=1S/C36H40ClN5O7S/c37-22-14-15-25-27(17-22)39-32(30(38-25)29-13-8-16-50-29)48-24-18-28-31(43)41-36(34(45)46)19-21(36)9-4-2-1-3-5-12-26(33(44)42(28)20-24)40-35(47)49-23-10-6-7-11-23/h4,8-9,13-17,21,23-24,26,28H,1-3,5-7,10-12,18-20H2,(H,40,47)(H,41,43)(H,45,46)/b9-4-/t21-,24?,26+,28+,36-/m1/s1. The fraction of sp³-hybridized carbons (Fsp3) is 0.500. The Kier molecular flexibility index (Phi) is 9.96. The van der Waals surface area contributed by atoms with Gasteiger partial charge >= 0.3 is 12.1 Å². The lowest BCUT2D eigenvalue weighted by Gasteiger charge is -2.29. The fourth-order valence-corrected chi connectivity index (χ4v) is 8.18. The van der Waals surface area contributed by atoms with E-state index in [0.29, 0.717) is 34.6 Å². The molecule has 50 heavy (non-hydrogen) atoms. The van der Waals surface area contributed by atoms with Crippen LogP contribution in [0.15, 0.2) is 47.9 Å². The molecular weight excluding hydrogens is 682 g/mol. The van der Waals surface area contributed by atoms with Crippen LogP contribution in [0.5, 0.6) is 5.88 Å². The van der Waals surface area contributed by atoms with Gasteiger partial charge in [0, 0.05) is 17.4 Å². The van der Waals surface area contributed by atoms with E-state index in [1.165, 1.54) is 16.2 Å². The molecule has 3 fully saturated rings. The smallest absolute Gasteiger partial charge is 0.408 e. The molecule has 7 rings (SSSR count). The van der Waals surface area contributed by atoms with E-state index in [2.05, 4.69) is 10.6 Å². The minimum atomic E-state index is -1.44. The number of carbonyl (C=O) groups excluding carboxylic acids is 3. The molecule has 0 bridgehead atoms. The van der Waals surface area contributed by atoms with E-state index < -0.39 is 47.6 Å². The highest BCUT2D eigenvalue weighted by atomic mass is 35.5. The summed E-state index contributed by atoms with van der Waals surface area (Å²) in [5.41, 5.74) is 0.223. The normalized spacial score (nSPS) is 28.1. The first-order valence-corrected chi connectivity index (χ1v) is 18.6. The second kappa shape index (κ2) is 14.6. The molecule has 1 unspecified atom stereocenters. The molecule has 0 spiro atoms. The van der Waals surface area contributed by atoms with Gasteiger partial charge in [-0.25, -0.2) is 19.6 Å². The lowest BCUT2D eigenvalue weighted by atomic mass is 10.0. The summed E-state index contributed by atoms with van der Waals surface area (Å²) in [4.78, 5) is 65.8. The van der Waals surface area contributed by atoms with Gasteiger partial charge < -0.3 is 30.1 Å². The van der Waals surface area contributed by atoms with Gasteiger partial charge in [-0.3, -0.25) is 9.59 Å². The number of hydrogen-bond donors (Lipinski definition) is 3. The molecule has 1 aromatic carbocycles. The summed E-state index contributed by atoms with van der Waals surface area (Å²) in [6.07, 6.45) is 9.64. The molecule has 2 aromatic heterocycles. The van der Waals surface area contributed by atoms with E-state index in [1.807, 2.05) is 29.7 Å². The van der Waals surface area contributed by atoms with E-state index in [1.54, 1.807) is 18.2 Å². The van der Waals surface area contributed by atoms with Gasteiger partial charge in [-0.05, 0) is 81.0 Å². The third-order valence-electron chi connectivity index (χ3n) is 10.1. The number of rotatable bonds is 6. The number of amides is 3. The van der Waals surface area contributed by atoms with Gasteiger partial charge in [0.25, 0.3) is 0 Å². The van der Waals surface area contributed by atoms with Crippen LogP contribution in [0.2, 0.25) is 5.02 Å². The Bertz CT molecular complexity index is 1800. The van der Waals surface area contributed by atoms with Crippen LogP contribution in [-0.4, -0.2) is 80.2 Å². The second-order valence-electron chi connectivity index (χ2n) is 13.6. The van der Waals surface area contributed by atoms with Crippen molar-refractivity contribution in [1.29, 1.82) is 0 Å². The lowest BCUT2D eigenvalue weighted by molar-refractivity contribution is -0.145. The number of carboxylic acids is 1. The van der Waals surface area contributed by atoms with Crippen molar-refractivity contribution in [2.75, 3.05) is 6.54 Å². The van der Waals surface area contributed by atoms with E-state index >= 15 is 0 Å². The number of carbonyl (C=O) groups is 4. The van der Waals surface area contributed by atoms with Gasteiger partial charge in [0.1, 0.15) is 35.5 Å². The maximum Gasteiger partial charge on any atom is 0.408 e. The Morgan fingerprint density at radius 1 is 1.04 bits per heavy atom. The quantitative estimate of drug-likeness (QED) is 0.264. The van der Waals surface area contributed by atoms with Crippen LogP contribution in [0.25, 0.3) is 21.6 Å². The molecule has 264 valence electrons. The fourth-order valence-electron chi connectivity index (χ4n) is 7.31. The van der Waals surface area contributed by atoms with Crippen LogP contribution in [0.3, 0.4) is 0 Å². The molecule has 3 amide bonds. The largest absolute Gasteiger partial charge is 0.479 e. The zero-order valence-corrected chi connectivity index (χ0v) is 29.1. The molecular formula is C36H40ClN5O7S. The monoisotopic (exact) mass is 721 g/mol. The average molecular weight is 722 g/mol. The molecule has 0 radical (unpaired) electrons. The number of benzene rings is 1. The molecule has 4 heterocycles. The van der Waals surface area contributed by atoms with Gasteiger partial charge in [0.05, 0.1) is 22.5 Å². The molecule has 14 heteroatoms. The lowest BCUT2D eigenvalue weighted by Crippen LogP contribution is -2.56. The number of alkyl carbamates (subject to hydrolysis) is 1. The maximum atomic E-state index is 14.4. The molecule has 4 aliphatic rings. The summed E-state index contributed by atoms with van der Waals surface area (Å²) in [5.74, 6) is -2.26. The number of aliphatic carboxylic acids is 1. The first kappa shape index (κ1) is 34.2. The Labute approximate surface area is 298 Å². The summed E-state index contributed by atoms with van der Waals surface area (Å²) in [7, 11) is 0. The minimum absolute atomic E-state index is 0.00924. The number of halogens is 1. The van der Waals surface area contributed by atoms with Gasteiger partial charge in [-0.15, -0.1) is 11.3 Å². The number of hydrogen-bond acceptors (Lipinski definition) is 9. The first-order chi connectivity index (χ1) is 24.2. The number of nitrogens with zero attached hydrogens (tertiary/aromatic N) is 3. The predicted molar refractivity (Wildman–Crippen MR) is 187 cm³/mol. The van der Waals surface area contributed by atoms with Crippen molar-refractivity contribution in [1.82, 2.24) is 25.5 Å². The van der Waals surface area contributed by atoms with Crippen molar-refractivity contribution >= 4 is 57.8 Å². The topological polar surface area (TPSA) is 160 Å². The van der Waals surface area contributed by atoms with Crippen molar-refractivity contribution in [2.24, 2.45) is 5.92 Å². The summed E-state index contributed by atoms with van der Waals surface area (Å²) < 4.78 is 12.2. The zero-order valence-electron chi connectivity index (χ0n) is 27.5. The Balaban J connectivity index is 1.19. The first-order valence-electron chi connectivity index (χ1n) is 17.4. The number of fused-ring (bicyclic) bond motifs is 3. The number of thiophene rings is 1. The van der Waals surface area contributed by atoms with Gasteiger partial charge in [0.15, 0.2) is 0 Å². The van der Waals surface area contributed by atoms with Crippen molar-refractivity contribution in [3.05, 3.63) is 52.9 Å². The number of nitrogens with one attached hydrogen (secondary N) is 2. The number of allylic oxidation sites excluding steroid dienone is 1. The molecule has 2 aliphatic heterocycles. The highest BCUT2D eigenvalue weighted by molar-refractivity contribution is 7.13. The third-order valence-corrected chi connectivity index (χ3v) is 11.2. The number of aromatic nitrogens is 2. The van der Waals surface area contributed by atoms with E-state index in [9.17, 15) is 24.3 Å². The Morgan fingerprint density at radius 2 is 1.86 bits per heavy atom. The summed E-state index contributed by atoms with van der Waals surface area (Å²) in [6.45, 7) is 0.00924. The molecule has 2 aliphatic carbocycles. The van der Waals surface area contributed by atoms with Crippen molar-refractivity contribution in [2.45, 2.75) is 100 Å². The highest BCUT2D eigenvalue weighted by Crippen LogP contribution is 2.45. The molecule has 2 saturated carbocycles. The molecule has 3 aromatic rings. The highest BCUT2D eigenvalue weighted by Gasteiger charge is 2.61. The van der Waals surface area contributed by atoms with Gasteiger partial charge in [-0.2, -0.15) is 0 Å². The summed E-state index contributed by atoms with van der Waals surface area (Å²) in [5, 5.41) is 18.2. The second-order valence-corrected chi connectivity index (χ2v) is 15.0. The van der Waals surface area contributed by atoms with Gasteiger partial charge in [0.2, 0.25) is 17.7 Å². The van der Waals surface area contributed by atoms with Crippen molar-refractivity contribution in [3.8, 4) is 16.5 Å². The van der Waals surface area contributed by atoms with E-state index in [-0.39, 0.29) is 37.3 Å². The van der Waals surface area contributed by atoms with Crippen LogP contribution in [0, 0.1) is 5.92 Å². The minimum Gasteiger partial charge on any atom is -0.479 e. The zero-order chi connectivity index (χ0) is 34.8. The van der Waals surface area contributed by atoms with Crippen LogP contribution in [0.4, 0.5) is 4.79 Å². The third kappa shape index (κ3) is 7.29. The Morgan fingerprint density at radius 3 is 2.64 bits per heavy atom. The molecule has 12 nitrogen and oxygen atoms in total. The van der Waals surface area contributed by atoms with Gasteiger partial charge in [-0.1, -0.05) is 42.7 Å². The summed E-state index contributed by atoms with van der Waals surface area (Å²) >= 11 is 7.74. The van der Waals surface area contributed by atoms with Crippen molar-refractivity contribution in [3.63, 3.8) is 0 Å². The molecule has 5 atom stereocenters. The van der Waals surface area contributed by atoms with E-state index in [0.717, 1.165) is 49.8 Å². The van der Waals surface area contributed by atoms with E-state index in [4.69, 9.17) is 31.0 Å². The molecule has 3 N–H and O–H groups in total. The van der Waals surface area contributed by atoms with Crippen LogP contribution < -0.4 is 15.4 Å². The van der Waals surface area contributed by atoms with Crippen molar-refractivity contribution < 1.29 is 33.8 Å². The Hall–Kier alpha value is -4.23. The SMILES string of the molecule is O=C(N[C@H]1CCCCC/C=C\[C@@H]2C[C@@]2(C(=O)O)NC(=O)[C@@H]2CC(Oc3nc4cc(Cl)ccc4nc3-c3cccs3)CN2C1=O)OC1CCCC1. The average Bonchev–Trinajstić information content (AvgIpc) is 3.58. The van der Waals surface area contributed by atoms with Crippen LogP contribution in [-0.2, 0) is 19.1 Å². The number of ether oxygens (including phenoxy) is 2. The predicted octanol–water partition coefficient (Wildman–Crippen LogP) is 5.88. The van der Waals surface area contributed by atoms with Crippen LogP contribution in [0.1, 0.15) is 70.6 Å². The number of carboxylic acid groups (broad SMARTS) is 1. The summed E-state index contributed by atoms with van der Waals surface area (Å²) in [6, 6.07) is 7.03. The molecule has 1 saturated heterocycles. The van der Waals surface area contributed by atoms with Crippen LogP contribution >= 0.6 is 22.9 Å².